The van der Waals surface area contributed by atoms with E-state index in [1.807, 2.05) is 13.0 Å². The number of rotatable bonds is 8. The average Bonchev–Trinajstić information content (AvgIpc) is 3.05. The Bertz CT molecular complexity index is 789. The van der Waals surface area contributed by atoms with Crippen molar-refractivity contribution >= 4 is 46.4 Å². The van der Waals surface area contributed by atoms with E-state index in [1.54, 1.807) is 13.0 Å². The second kappa shape index (κ2) is 9.49. The monoisotopic (exact) mass is 395 g/mol. The minimum Gasteiger partial charge on any atom is -0.456 e. The predicted octanol–water partition coefficient (Wildman–Crippen LogP) is 3.68. The maximum absolute atomic E-state index is 12.8. The summed E-state index contributed by atoms with van der Waals surface area (Å²) in [6, 6.07) is 8.93. The number of ether oxygens (including phenoxy) is 1. The first kappa shape index (κ1) is 20.1. The molecule has 1 amide bonds. The fraction of sp³-hybridized carbons (Fsp3) is 0.278. The fourth-order valence-corrected chi connectivity index (χ4v) is 3.38. The van der Waals surface area contributed by atoms with Crippen LogP contribution in [-0.4, -0.2) is 35.3 Å². The summed E-state index contributed by atoms with van der Waals surface area (Å²) in [6.07, 6.45) is 0. The van der Waals surface area contributed by atoms with E-state index >= 15 is 0 Å². The molecule has 0 radical (unpaired) electrons. The first-order valence-corrected chi connectivity index (χ1v) is 9.65. The maximum atomic E-state index is 12.8. The number of amides is 1. The molecule has 0 unspecified atom stereocenters. The van der Waals surface area contributed by atoms with Gasteiger partial charge in [0.05, 0.1) is 10.6 Å². The zero-order valence-corrected chi connectivity index (χ0v) is 15.9. The van der Waals surface area contributed by atoms with Crippen molar-refractivity contribution in [2.75, 3.05) is 17.7 Å². The third kappa shape index (κ3) is 6.27. The van der Waals surface area contributed by atoms with Crippen molar-refractivity contribution < 1.29 is 23.5 Å². The molecule has 2 rings (SSSR count). The summed E-state index contributed by atoms with van der Waals surface area (Å²) < 4.78 is 17.8. The van der Waals surface area contributed by atoms with Crippen LogP contribution in [0.2, 0.25) is 0 Å². The molecule has 2 aromatic rings. The number of nitrogens with one attached hydrogen (secondary N) is 1. The van der Waals surface area contributed by atoms with Gasteiger partial charge in [-0.25, -0.2) is 4.39 Å². The highest BCUT2D eigenvalue weighted by atomic mass is 32.2. The van der Waals surface area contributed by atoms with Crippen LogP contribution in [0.25, 0.3) is 0 Å². The fourth-order valence-electron chi connectivity index (χ4n) is 1.91. The smallest absolute Gasteiger partial charge is 0.319 e. The van der Waals surface area contributed by atoms with Crippen LogP contribution in [0.3, 0.4) is 0 Å². The van der Waals surface area contributed by atoms with Gasteiger partial charge in [0.15, 0.2) is 6.61 Å². The summed E-state index contributed by atoms with van der Waals surface area (Å²) in [4.78, 5) is 37.2. The molecule has 0 fully saturated rings. The van der Waals surface area contributed by atoms with Crippen LogP contribution >= 0.6 is 23.1 Å². The number of thiophene rings is 1. The summed E-state index contributed by atoms with van der Waals surface area (Å²) in [5.41, 5.74) is 0.476. The maximum Gasteiger partial charge on any atom is 0.319 e. The number of carbonyl (C=O) groups excluding carboxylic acids is 3. The molecule has 1 aromatic carbocycles. The number of Topliss-reactive ketones (excluding diaryl/α,β-unsaturated/α-hetero) is 1. The summed E-state index contributed by atoms with van der Waals surface area (Å²) in [6.45, 7) is 3.19. The second-order valence-corrected chi connectivity index (χ2v) is 8.07. The normalized spacial score (nSPS) is 11.7. The molecule has 0 saturated carbocycles. The summed E-state index contributed by atoms with van der Waals surface area (Å²) >= 11 is 2.45. The molecule has 0 saturated heterocycles. The largest absolute Gasteiger partial charge is 0.456 e. The lowest BCUT2D eigenvalue weighted by atomic mass is 10.3. The number of anilines is 1. The minimum atomic E-state index is -0.591. The molecular weight excluding hydrogens is 377 g/mol. The van der Waals surface area contributed by atoms with E-state index in [4.69, 9.17) is 4.74 Å². The number of ketones is 1. The van der Waals surface area contributed by atoms with Gasteiger partial charge in [-0.05, 0) is 50.2 Å². The van der Waals surface area contributed by atoms with E-state index in [0.29, 0.717) is 10.6 Å². The second-order valence-electron chi connectivity index (χ2n) is 5.45. The highest BCUT2D eigenvalue weighted by molar-refractivity contribution is 8.01. The Kier molecular flexibility index (Phi) is 7.35. The molecule has 1 N–H and O–H groups in total. The summed E-state index contributed by atoms with van der Waals surface area (Å²) in [5, 5.41) is 2.02. The highest BCUT2D eigenvalue weighted by Gasteiger charge is 2.19. The standard InChI is InChI=1S/C18H18FNO4S2/c1-11-3-8-16(26-11)15(21)9-24-18(23)12(2)25-10-17(22)20-14-6-4-13(19)5-7-14/h3-8,12H,9-10H2,1-2H3,(H,20,22)/t12-/m1/s1. The molecular formula is C18H18FNO4S2. The average molecular weight is 395 g/mol. The van der Waals surface area contributed by atoms with Crippen molar-refractivity contribution in [2.24, 2.45) is 0 Å². The Morgan fingerprint density at radius 3 is 2.50 bits per heavy atom. The van der Waals surface area contributed by atoms with Crippen LogP contribution in [0.5, 0.6) is 0 Å². The third-order valence-electron chi connectivity index (χ3n) is 3.29. The molecule has 26 heavy (non-hydrogen) atoms. The molecule has 8 heteroatoms. The van der Waals surface area contributed by atoms with Gasteiger partial charge in [0.2, 0.25) is 11.7 Å². The Hall–Kier alpha value is -2.19. The van der Waals surface area contributed by atoms with Gasteiger partial charge in [-0.15, -0.1) is 23.1 Å². The summed E-state index contributed by atoms with van der Waals surface area (Å²) in [7, 11) is 0. The lowest BCUT2D eigenvalue weighted by molar-refractivity contribution is -0.141. The van der Waals surface area contributed by atoms with Crippen molar-refractivity contribution in [3.05, 3.63) is 52.0 Å². The Morgan fingerprint density at radius 1 is 1.19 bits per heavy atom. The van der Waals surface area contributed by atoms with Gasteiger partial charge in [-0.3, -0.25) is 14.4 Å². The summed E-state index contributed by atoms with van der Waals surface area (Å²) in [5.74, 6) is -1.47. The lowest BCUT2D eigenvalue weighted by Gasteiger charge is -2.11. The van der Waals surface area contributed by atoms with Crippen LogP contribution in [0.1, 0.15) is 21.5 Å². The van der Waals surface area contributed by atoms with Gasteiger partial charge >= 0.3 is 5.97 Å². The molecule has 0 spiro atoms. The first-order valence-electron chi connectivity index (χ1n) is 7.78. The molecule has 1 heterocycles. The number of esters is 1. The van der Waals surface area contributed by atoms with Gasteiger partial charge < -0.3 is 10.1 Å². The first-order chi connectivity index (χ1) is 12.3. The van der Waals surface area contributed by atoms with Crippen molar-refractivity contribution in [1.82, 2.24) is 0 Å². The molecule has 1 atom stereocenters. The number of carbonyl (C=O) groups is 3. The molecule has 0 aliphatic rings. The SMILES string of the molecule is Cc1ccc(C(=O)COC(=O)[C@@H](C)SCC(=O)Nc2ccc(F)cc2)s1. The van der Waals surface area contributed by atoms with Crippen molar-refractivity contribution in [1.29, 1.82) is 0 Å². The molecule has 0 aliphatic heterocycles. The Labute approximate surface area is 158 Å². The van der Waals surface area contributed by atoms with E-state index in [1.165, 1.54) is 35.6 Å². The van der Waals surface area contributed by atoms with E-state index in [2.05, 4.69) is 5.32 Å². The number of halogens is 1. The third-order valence-corrected chi connectivity index (χ3v) is 5.45. The van der Waals surface area contributed by atoms with Crippen LogP contribution in [-0.2, 0) is 14.3 Å². The zero-order valence-electron chi connectivity index (χ0n) is 14.3. The van der Waals surface area contributed by atoms with E-state index in [9.17, 15) is 18.8 Å². The van der Waals surface area contributed by atoms with Crippen LogP contribution < -0.4 is 5.32 Å². The van der Waals surface area contributed by atoms with Gasteiger partial charge in [-0.2, -0.15) is 0 Å². The highest BCUT2D eigenvalue weighted by Crippen LogP contribution is 2.17. The molecule has 0 bridgehead atoms. The van der Waals surface area contributed by atoms with Gasteiger partial charge in [0.1, 0.15) is 11.1 Å². The predicted molar refractivity (Wildman–Crippen MR) is 101 cm³/mol. The number of aryl methyl sites for hydroxylation is 1. The Morgan fingerprint density at radius 2 is 1.88 bits per heavy atom. The topological polar surface area (TPSA) is 72.5 Å². The minimum absolute atomic E-state index is 0.0334. The van der Waals surface area contributed by atoms with E-state index in [-0.39, 0.29) is 29.9 Å². The number of benzene rings is 1. The number of hydrogen-bond donors (Lipinski definition) is 1. The van der Waals surface area contributed by atoms with E-state index in [0.717, 1.165) is 16.6 Å². The van der Waals surface area contributed by atoms with Gasteiger partial charge in [-0.1, -0.05) is 0 Å². The molecule has 5 nitrogen and oxygen atoms in total. The van der Waals surface area contributed by atoms with Crippen LogP contribution in [0.15, 0.2) is 36.4 Å². The molecule has 0 aliphatic carbocycles. The van der Waals surface area contributed by atoms with Crippen LogP contribution in [0, 0.1) is 12.7 Å². The van der Waals surface area contributed by atoms with Gasteiger partial charge in [0, 0.05) is 10.6 Å². The van der Waals surface area contributed by atoms with Crippen LogP contribution in [0.4, 0.5) is 10.1 Å². The quantitative estimate of drug-likeness (QED) is 0.545. The van der Waals surface area contributed by atoms with Crippen molar-refractivity contribution in [2.45, 2.75) is 19.1 Å². The van der Waals surface area contributed by atoms with Crippen molar-refractivity contribution in [3.63, 3.8) is 0 Å². The number of hydrogen-bond acceptors (Lipinski definition) is 6. The number of thioether (sulfide) groups is 1. The Balaban J connectivity index is 1.71. The lowest BCUT2D eigenvalue weighted by Crippen LogP contribution is -2.23. The molecule has 138 valence electrons. The van der Waals surface area contributed by atoms with Crippen molar-refractivity contribution in [3.8, 4) is 0 Å². The zero-order chi connectivity index (χ0) is 19.1. The van der Waals surface area contributed by atoms with E-state index < -0.39 is 11.2 Å². The molecule has 1 aromatic heterocycles. The van der Waals surface area contributed by atoms with Gasteiger partial charge in [0.25, 0.3) is 0 Å².